The van der Waals surface area contributed by atoms with E-state index in [-0.39, 0.29) is 0 Å². The summed E-state index contributed by atoms with van der Waals surface area (Å²) in [7, 11) is 0. The highest BCUT2D eigenvalue weighted by molar-refractivity contribution is 5.61. The molecule has 2 atom stereocenters. The number of aldehydes is 1. The topological polar surface area (TPSA) is 37.3 Å². The molecule has 2 heteroatoms. The maximum Gasteiger partial charge on any atom is 0.151 e. The highest BCUT2D eigenvalue weighted by Crippen LogP contribution is 2.18. The molecule has 0 fully saturated rings. The molecule has 0 amide bonds. The van der Waals surface area contributed by atoms with Crippen molar-refractivity contribution in [2.75, 3.05) is 0 Å². The standard InChI is InChI=1S/C9H18O2/c1-4-5-8(2)6-9(3,11)7-10/h7-8,11H,4-6H2,1-3H3. The van der Waals surface area contributed by atoms with Gasteiger partial charge in [-0.25, -0.2) is 0 Å². The van der Waals surface area contributed by atoms with Crippen LogP contribution in [0.2, 0.25) is 0 Å². The highest BCUT2D eigenvalue weighted by Gasteiger charge is 2.21. The molecule has 2 unspecified atom stereocenters. The van der Waals surface area contributed by atoms with E-state index in [0.29, 0.717) is 18.6 Å². The number of hydrogen-bond donors (Lipinski definition) is 1. The van der Waals surface area contributed by atoms with Crippen LogP contribution in [0, 0.1) is 5.92 Å². The third kappa shape index (κ3) is 4.96. The lowest BCUT2D eigenvalue weighted by molar-refractivity contribution is -0.123. The molecule has 0 aromatic rings. The Hall–Kier alpha value is -0.370. The average molecular weight is 158 g/mol. The van der Waals surface area contributed by atoms with E-state index in [1.807, 2.05) is 0 Å². The van der Waals surface area contributed by atoms with Gasteiger partial charge >= 0.3 is 0 Å². The van der Waals surface area contributed by atoms with Crippen LogP contribution in [-0.2, 0) is 4.79 Å². The maximum atomic E-state index is 10.3. The van der Waals surface area contributed by atoms with Gasteiger partial charge in [-0.15, -0.1) is 0 Å². The van der Waals surface area contributed by atoms with Crippen LogP contribution in [-0.4, -0.2) is 17.0 Å². The van der Waals surface area contributed by atoms with Crippen molar-refractivity contribution in [1.82, 2.24) is 0 Å². The minimum Gasteiger partial charge on any atom is -0.383 e. The first-order valence-corrected chi connectivity index (χ1v) is 4.20. The van der Waals surface area contributed by atoms with Gasteiger partial charge < -0.3 is 9.90 Å². The van der Waals surface area contributed by atoms with Gasteiger partial charge in [0.2, 0.25) is 0 Å². The number of aliphatic hydroxyl groups is 1. The lowest BCUT2D eigenvalue weighted by Crippen LogP contribution is -2.28. The predicted octanol–water partition coefficient (Wildman–Crippen LogP) is 1.76. The fourth-order valence-electron chi connectivity index (χ4n) is 1.35. The fraction of sp³-hybridized carbons (Fsp3) is 0.889. The molecule has 1 N–H and O–H groups in total. The van der Waals surface area contributed by atoms with E-state index in [9.17, 15) is 9.90 Å². The van der Waals surface area contributed by atoms with Crippen molar-refractivity contribution in [1.29, 1.82) is 0 Å². The van der Waals surface area contributed by atoms with Crippen LogP contribution in [0.1, 0.15) is 40.0 Å². The molecule has 0 saturated heterocycles. The van der Waals surface area contributed by atoms with Gasteiger partial charge in [0.1, 0.15) is 5.60 Å². The Morgan fingerprint density at radius 3 is 2.55 bits per heavy atom. The van der Waals surface area contributed by atoms with E-state index in [0.717, 1.165) is 12.8 Å². The minimum absolute atomic E-state index is 0.431. The Balaban J connectivity index is 3.72. The van der Waals surface area contributed by atoms with Crippen LogP contribution < -0.4 is 0 Å². The summed E-state index contributed by atoms with van der Waals surface area (Å²) >= 11 is 0. The van der Waals surface area contributed by atoms with Crippen molar-refractivity contribution in [2.24, 2.45) is 5.92 Å². The quantitative estimate of drug-likeness (QED) is 0.619. The number of carbonyl (C=O) groups excluding carboxylic acids is 1. The van der Waals surface area contributed by atoms with Crippen molar-refractivity contribution in [3.05, 3.63) is 0 Å². The van der Waals surface area contributed by atoms with Crippen molar-refractivity contribution >= 4 is 6.29 Å². The first-order valence-electron chi connectivity index (χ1n) is 4.20. The molecule has 2 nitrogen and oxygen atoms in total. The fourth-order valence-corrected chi connectivity index (χ4v) is 1.35. The van der Waals surface area contributed by atoms with E-state index in [1.54, 1.807) is 6.92 Å². The van der Waals surface area contributed by atoms with Gasteiger partial charge in [0.25, 0.3) is 0 Å². The summed E-state index contributed by atoms with van der Waals surface area (Å²) < 4.78 is 0. The van der Waals surface area contributed by atoms with Crippen LogP contribution in [0.3, 0.4) is 0 Å². The first kappa shape index (κ1) is 10.6. The number of hydrogen-bond acceptors (Lipinski definition) is 2. The Bertz CT molecular complexity index is 119. The molecule has 66 valence electrons. The lowest BCUT2D eigenvalue weighted by atomic mass is 9.91. The Labute approximate surface area is 68.6 Å². The zero-order chi connectivity index (χ0) is 8.91. The van der Waals surface area contributed by atoms with Crippen LogP contribution in [0.5, 0.6) is 0 Å². The third-order valence-corrected chi connectivity index (χ3v) is 1.80. The maximum absolute atomic E-state index is 10.3. The summed E-state index contributed by atoms with van der Waals surface area (Å²) in [5.41, 5.74) is -1.12. The molecule has 0 bridgehead atoms. The molecule has 0 saturated carbocycles. The van der Waals surface area contributed by atoms with Gasteiger partial charge in [-0.05, 0) is 19.3 Å². The molecule has 0 rings (SSSR count). The molecular weight excluding hydrogens is 140 g/mol. The van der Waals surface area contributed by atoms with E-state index in [2.05, 4.69) is 13.8 Å². The second kappa shape index (κ2) is 4.50. The van der Waals surface area contributed by atoms with Gasteiger partial charge in [-0.1, -0.05) is 26.7 Å². The highest BCUT2D eigenvalue weighted by atomic mass is 16.3. The Morgan fingerprint density at radius 2 is 2.18 bits per heavy atom. The Kier molecular flexibility index (Phi) is 4.34. The summed E-state index contributed by atoms with van der Waals surface area (Å²) in [6.07, 6.45) is 3.38. The predicted molar refractivity (Wildman–Crippen MR) is 45.4 cm³/mol. The van der Waals surface area contributed by atoms with Gasteiger partial charge in [-0.3, -0.25) is 0 Å². The van der Waals surface area contributed by atoms with E-state index >= 15 is 0 Å². The molecule has 0 heterocycles. The first-order chi connectivity index (χ1) is 5.02. The summed E-state index contributed by atoms with van der Waals surface area (Å²) in [6.45, 7) is 5.72. The molecule has 11 heavy (non-hydrogen) atoms. The van der Waals surface area contributed by atoms with Crippen molar-refractivity contribution < 1.29 is 9.90 Å². The van der Waals surface area contributed by atoms with Crippen molar-refractivity contribution in [3.8, 4) is 0 Å². The zero-order valence-electron chi connectivity index (χ0n) is 7.63. The van der Waals surface area contributed by atoms with Crippen LogP contribution in [0.25, 0.3) is 0 Å². The average Bonchev–Trinajstić information content (AvgIpc) is 1.87. The van der Waals surface area contributed by atoms with Crippen LogP contribution >= 0.6 is 0 Å². The molecule has 0 radical (unpaired) electrons. The molecule has 0 aromatic carbocycles. The second-order valence-electron chi connectivity index (χ2n) is 3.57. The third-order valence-electron chi connectivity index (χ3n) is 1.80. The van der Waals surface area contributed by atoms with E-state index in [1.165, 1.54) is 0 Å². The molecule has 0 aliphatic heterocycles. The largest absolute Gasteiger partial charge is 0.383 e. The lowest BCUT2D eigenvalue weighted by Gasteiger charge is -2.19. The minimum atomic E-state index is -1.12. The van der Waals surface area contributed by atoms with Crippen LogP contribution in [0.15, 0.2) is 0 Å². The number of rotatable bonds is 5. The molecule has 0 aromatic heterocycles. The van der Waals surface area contributed by atoms with Crippen LogP contribution in [0.4, 0.5) is 0 Å². The smallest absolute Gasteiger partial charge is 0.151 e. The van der Waals surface area contributed by atoms with Crippen molar-refractivity contribution in [3.63, 3.8) is 0 Å². The van der Waals surface area contributed by atoms with Gasteiger partial charge in [-0.2, -0.15) is 0 Å². The van der Waals surface area contributed by atoms with E-state index in [4.69, 9.17) is 0 Å². The zero-order valence-corrected chi connectivity index (χ0v) is 7.63. The molecule has 0 aliphatic rings. The Morgan fingerprint density at radius 1 is 1.64 bits per heavy atom. The summed E-state index contributed by atoms with van der Waals surface area (Å²) in [5.74, 6) is 0.431. The summed E-state index contributed by atoms with van der Waals surface area (Å²) in [6, 6.07) is 0. The van der Waals surface area contributed by atoms with E-state index < -0.39 is 5.60 Å². The van der Waals surface area contributed by atoms with Crippen molar-refractivity contribution in [2.45, 2.75) is 45.6 Å². The van der Waals surface area contributed by atoms with Gasteiger partial charge in [0, 0.05) is 0 Å². The SMILES string of the molecule is CCCC(C)CC(C)(O)C=O. The normalized spacial score (nSPS) is 18.9. The van der Waals surface area contributed by atoms with Gasteiger partial charge in [0.15, 0.2) is 6.29 Å². The van der Waals surface area contributed by atoms with Gasteiger partial charge in [0.05, 0.1) is 0 Å². The summed E-state index contributed by atoms with van der Waals surface area (Å²) in [5, 5.41) is 9.35. The summed E-state index contributed by atoms with van der Waals surface area (Å²) in [4.78, 5) is 10.3. The molecule has 0 aliphatic carbocycles. The molecular formula is C9H18O2. The second-order valence-corrected chi connectivity index (χ2v) is 3.57. The number of carbonyl (C=O) groups is 1. The monoisotopic (exact) mass is 158 g/mol. The molecule has 0 spiro atoms.